The average molecular weight is 450 g/mol. The number of rotatable bonds is 7. The Balaban J connectivity index is 1.26. The van der Waals surface area contributed by atoms with Crippen molar-refractivity contribution in [2.75, 3.05) is 13.9 Å². The minimum Gasteiger partial charge on any atom is -0.494 e. The Morgan fingerprint density at radius 1 is 1.18 bits per heavy atom. The molecule has 0 bridgehead atoms. The summed E-state index contributed by atoms with van der Waals surface area (Å²) in [6.45, 7) is 0.605. The van der Waals surface area contributed by atoms with Crippen LogP contribution in [-0.2, 0) is 17.9 Å². The largest absolute Gasteiger partial charge is 0.494 e. The highest BCUT2D eigenvalue weighted by atomic mass is 19.1. The summed E-state index contributed by atoms with van der Waals surface area (Å²) in [4.78, 5) is 16.9. The molecule has 0 aliphatic carbocycles. The van der Waals surface area contributed by atoms with Gasteiger partial charge in [-0.15, -0.1) is 0 Å². The van der Waals surface area contributed by atoms with Crippen LogP contribution in [0.1, 0.15) is 5.56 Å². The maximum Gasteiger partial charge on any atom is 0.274 e. The van der Waals surface area contributed by atoms with Crippen LogP contribution in [0.2, 0.25) is 0 Å². The quantitative estimate of drug-likeness (QED) is 0.461. The molecular weight excluding hydrogens is 431 g/mol. The molecule has 2 aromatic heterocycles. The molecule has 0 atom stereocenters. The summed E-state index contributed by atoms with van der Waals surface area (Å²) in [5.41, 5.74) is 1.91. The fraction of sp³-hybridized carbons (Fsp3) is 0.174. The van der Waals surface area contributed by atoms with Gasteiger partial charge in [0.2, 0.25) is 18.5 Å². The van der Waals surface area contributed by atoms with Gasteiger partial charge in [-0.1, -0.05) is 11.2 Å². The Hall–Kier alpha value is -4.34. The standard InChI is InChI=1S/C23H19FN4O5/c1-30-18-7-5-15(10-16(18)24)22-26-23(33-27-22)17-3-2-8-28(17)12-21(29)25-11-14-4-6-19-20(9-14)32-13-31-19/h2-10H,11-13H2,1H3,(H,25,29). The molecule has 1 aliphatic heterocycles. The molecule has 4 aromatic rings. The predicted molar refractivity (Wildman–Crippen MR) is 114 cm³/mol. The number of aromatic nitrogens is 3. The third kappa shape index (κ3) is 4.22. The van der Waals surface area contributed by atoms with Crippen LogP contribution < -0.4 is 19.5 Å². The number of halogens is 1. The molecule has 0 unspecified atom stereocenters. The summed E-state index contributed by atoms with van der Waals surface area (Å²) < 4.78 is 36.6. The number of carbonyl (C=O) groups is 1. The zero-order valence-electron chi connectivity index (χ0n) is 17.6. The lowest BCUT2D eigenvalue weighted by Gasteiger charge is -2.08. The van der Waals surface area contributed by atoms with E-state index in [4.69, 9.17) is 18.7 Å². The van der Waals surface area contributed by atoms with Crippen molar-refractivity contribution in [3.05, 3.63) is 66.1 Å². The van der Waals surface area contributed by atoms with Crippen LogP contribution in [0.3, 0.4) is 0 Å². The lowest BCUT2D eigenvalue weighted by atomic mass is 10.2. The summed E-state index contributed by atoms with van der Waals surface area (Å²) in [5.74, 6) is 1.21. The SMILES string of the molecule is COc1ccc(-c2noc(-c3cccn3CC(=O)NCc3ccc4c(c3)OCO4)n2)cc1F. The van der Waals surface area contributed by atoms with Crippen molar-refractivity contribution >= 4 is 5.91 Å². The Kier molecular flexibility index (Phi) is 5.39. The molecule has 9 nitrogen and oxygen atoms in total. The number of hydrogen-bond donors (Lipinski definition) is 1. The van der Waals surface area contributed by atoms with Crippen LogP contribution in [0, 0.1) is 5.82 Å². The summed E-state index contributed by atoms with van der Waals surface area (Å²) in [6, 6.07) is 13.5. The van der Waals surface area contributed by atoms with E-state index >= 15 is 0 Å². The van der Waals surface area contributed by atoms with Crippen molar-refractivity contribution in [2.24, 2.45) is 0 Å². The van der Waals surface area contributed by atoms with Crippen molar-refractivity contribution in [1.29, 1.82) is 0 Å². The van der Waals surface area contributed by atoms with E-state index in [0.29, 0.717) is 29.3 Å². The van der Waals surface area contributed by atoms with Gasteiger partial charge in [-0.25, -0.2) is 4.39 Å². The number of ether oxygens (including phenoxy) is 3. The molecular formula is C23H19FN4O5. The Morgan fingerprint density at radius 2 is 2.06 bits per heavy atom. The van der Waals surface area contributed by atoms with Crippen LogP contribution in [0.25, 0.3) is 23.0 Å². The summed E-state index contributed by atoms with van der Waals surface area (Å²) in [6.07, 6.45) is 1.74. The molecule has 3 heterocycles. The van der Waals surface area contributed by atoms with Crippen LogP contribution >= 0.6 is 0 Å². The molecule has 1 amide bonds. The number of hydrogen-bond acceptors (Lipinski definition) is 7. The highest BCUT2D eigenvalue weighted by Crippen LogP contribution is 2.32. The first kappa shape index (κ1) is 20.6. The second-order valence-corrected chi connectivity index (χ2v) is 7.26. The van der Waals surface area contributed by atoms with Crippen molar-refractivity contribution in [3.8, 4) is 40.2 Å². The van der Waals surface area contributed by atoms with E-state index in [9.17, 15) is 9.18 Å². The highest BCUT2D eigenvalue weighted by Gasteiger charge is 2.17. The highest BCUT2D eigenvalue weighted by molar-refractivity contribution is 5.76. The zero-order chi connectivity index (χ0) is 22.8. The summed E-state index contributed by atoms with van der Waals surface area (Å²) in [5, 5.41) is 6.81. The van der Waals surface area contributed by atoms with Crippen LogP contribution in [-0.4, -0.2) is 34.5 Å². The Bertz CT molecular complexity index is 1320. The van der Waals surface area contributed by atoms with Crippen LogP contribution in [0.4, 0.5) is 4.39 Å². The van der Waals surface area contributed by atoms with Gasteiger partial charge >= 0.3 is 0 Å². The average Bonchev–Trinajstić information content (AvgIpc) is 3.57. The fourth-order valence-corrected chi connectivity index (χ4v) is 3.46. The van der Waals surface area contributed by atoms with E-state index in [0.717, 1.165) is 5.56 Å². The van der Waals surface area contributed by atoms with E-state index in [1.165, 1.54) is 19.2 Å². The number of benzene rings is 2. The molecule has 10 heteroatoms. The molecule has 2 aromatic carbocycles. The second-order valence-electron chi connectivity index (χ2n) is 7.26. The van der Waals surface area contributed by atoms with E-state index in [-0.39, 0.29) is 36.7 Å². The van der Waals surface area contributed by atoms with E-state index in [1.54, 1.807) is 29.0 Å². The van der Waals surface area contributed by atoms with Gasteiger partial charge in [0.15, 0.2) is 23.1 Å². The number of fused-ring (bicyclic) bond motifs is 1. The molecule has 33 heavy (non-hydrogen) atoms. The Labute approximate surface area is 187 Å². The van der Waals surface area contributed by atoms with Crippen LogP contribution in [0.5, 0.6) is 17.2 Å². The van der Waals surface area contributed by atoms with Gasteiger partial charge in [-0.05, 0) is 48.0 Å². The number of methoxy groups -OCH3 is 1. The van der Waals surface area contributed by atoms with Gasteiger partial charge in [0.25, 0.3) is 5.89 Å². The van der Waals surface area contributed by atoms with E-state index in [2.05, 4.69) is 15.5 Å². The molecule has 1 aliphatic rings. The summed E-state index contributed by atoms with van der Waals surface area (Å²) in [7, 11) is 1.39. The number of nitrogens with one attached hydrogen (secondary N) is 1. The molecule has 5 rings (SSSR count). The second kappa shape index (κ2) is 8.65. The topological polar surface area (TPSA) is 101 Å². The smallest absolute Gasteiger partial charge is 0.274 e. The van der Waals surface area contributed by atoms with Gasteiger partial charge < -0.3 is 28.6 Å². The summed E-state index contributed by atoms with van der Waals surface area (Å²) >= 11 is 0. The maximum absolute atomic E-state index is 14.0. The minimum absolute atomic E-state index is 0.0573. The lowest BCUT2D eigenvalue weighted by Crippen LogP contribution is -2.27. The number of amides is 1. The zero-order valence-corrected chi connectivity index (χ0v) is 17.6. The first-order valence-corrected chi connectivity index (χ1v) is 10.1. The lowest BCUT2D eigenvalue weighted by molar-refractivity contribution is -0.121. The van der Waals surface area contributed by atoms with Gasteiger partial charge in [-0.2, -0.15) is 4.98 Å². The minimum atomic E-state index is -0.524. The predicted octanol–water partition coefficient (Wildman–Crippen LogP) is 3.40. The molecule has 0 saturated heterocycles. The molecule has 1 N–H and O–H groups in total. The maximum atomic E-state index is 14.0. The monoisotopic (exact) mass is 450 g/mol. The molecule has 168 valence electrons. The molecule has 0 radical (unpaired) electrons. The first-order chi connectivity index (χ1) is 16.1. The molecule has 0 spiro atoms. The molecule has 0 saturated carbocycles. The molecule has 0 fully saturated rings. The first-order valence-electron chi connectivity index (χ1n) is 10.1. The third-order valence-electron chi connectivity index (χ3n) is 5.13. The van der Waals surface area contributed by atoms with Crippen molar-refractivity contribution < 1.29 is 27.9 Å². The van der Waals surface area contributed by atoms with Crippen molar-refractivity contribution in [1.82, 2.24) is 20.0 Å². The van der Waals surface area contributed by atoms with Gasteiger partial charge in [0.1, 0.15) is 12.2 Å². The Morgan fingerprint density at radius 3 is 2.91 bits per heavy atom. The van der Waals surface area contributed by atoms with E-state index in [1.807, 2.05) is 18.2 Å². The van der Waals surface area contributed by atoms with Gasteiger partial charge in [0.05, 0.1) is 7.11 Å². The normalized spacial score (nSPS) is 12.1. The van der Waals surface area contributed by atoms with Crippen molar-refractivity contribution in [3.63, 3.8) is 0 Å². The fourth-order valence-electron chi connectivity index (χ4n) is 3.46. The van der Waals surface area contributed by atoms with Crippen molar-refractivity contribution in [2.45, 2.75) is 13.1 Å². The number of nitrogens with zero attached hydrogens (tertiary/aromatic N) is 3. The van der Waals surface area contributed by atoms with Gasteiger partial charge in [0, 0.05) is 18.3 Å². The third-order valence-corrected chi connectivity index (χ3v) is 5.13. The van der Waals surface area contributed by atoms with E-state index < -0.39 is 5.82 Å². The van der Waals surface area contributed by atoms with Crippen LogP contribution in [0.15, 0.2) is 59.3 Å². The number of carbonyl (C=O) groups excluding carboxylic acids is 1. The van der Waals surface area contributed by atoms with Gasteiger partial charge in [-0.3, -0.25) is 4.79 Å².